The number of carbonyl (C=O) groups excluding carboxylic acids is 1. The molecule has 2 rings (SSSR count). The summed E-state index contributed by atoms with van der Waals surface area (Å²) in [4.78, 5) is 12.6. The number of sulfonamides is 1. The summed E-state index contributed by atoms with van der Waals surface area (Å²) in [6, 6.07) is 4.87. The summed E-state index contributed by atoms with van der Waals surface area (Å²) in [7, 11) is -3.67. The highest BCUT2D eigenvalue weighted by atomic mass is 32.2. The molecule has 0 spiro atoms. The van der Waals surface area contributed by atoms with Crippen LogP contribution in [0.4, 0.5) is 5.69 Å². The number of rotatable bonds is 4. The molecule has 1 aromatic carbocycles. The number of amides is 1. The summed E-state index contributed by atoms with van der Waals surface area (Å²) in [5.41, 5.74) is 5.76. The average molecular weight is 353 g/mol. The van der Waals surface area contributed by atoms with E-state index in [1.54, 1.807) is 39.8 Å². The van der Waals surface area contributed by atoms with Crippen molar-refractivity contribution in [3.8, 4) is 0 Å². The third kappa shape index (κ3) is 4.34. The zero-order valence-electron chi connectivity index (χ0n) is 14.8. The Morgan fingerprint density at radius 3 is 2.33 bits per heavy atom. The maximum Gasteiger partial charge on any atom is 0.244 e. The Balaban J connectivity index is 2.27. The van der Waals surface area contributed by atoms with E-state index in [9.17, 15) is 13.2 Å². The van der Waals surface area contributed by atoms with Gasteiger partial charge < -0.3 is 11.1 Å². The molecule has 0 aromatic heterocycles. The summed E-state index contributed by atoms with van der Waals surface area (Å²) >= 11 is 0. The largest absolute Gasteiger partial charge is 0.324 e. The van der Waals surface area contributed by atoms with Crippen LogP contribution in [0, 0.1) is 6.92 Å². The van der Waals surface area contributed by atoms with Crippen molar-refractivity contribution >= 4 is 21.6 Å². The molecule has 0 aliphatic heterocycles. The van der Waals surface area contributed by atoms with E-state index in [4.69, 9.17) is 5.73 Å². The van der Waals surface area contributed by atoms with Gasteiger partial charge in [0.2, 0.25) is 15.9 Å². The van der Waals surface area contributed by atoms with Gasteiger partial charge in [-0.1, -0.05) is 18.9 Å². The van der Waals surface area contributed by atoms with Crippen molar-refractivity contribution in [2.75, 3.05) is 5.32 Å². The van der Waals surface area contributed by atoms with Gasteiger partial charge >= 0.3 is 0 Å². The summed E-state index contributed by atoms with van der Waals surface area (Å²) < 4.78 is 27.8. The smallest absolute Gasteiger partial charge is 0.244 e. The molecule has 0 saturated heterocycles. The Morgan fingerprint density at radius 2 is 1.79 bits per heavy atom. The van der Waals surface area contributed by atoms with E-state index in [1.165, 1.54) is 6.07 Å². The van der Waals surface area contributed by atoms with Crippen LogP contribution < -0.4 is 15.8 Å². The fraction of sp³-hybridized carbons (Fsp3) is 0.588. The van der Waals surface area contributed by atoms with Crippen LogP contribution in [0.5, 0.6) is 0 Å². The maximum absolute atomic E-state index is 12.6. The van der Waals surface area contributed by atoms with Gasteiger partial charge in [-0.3, -0.25) is 4.79 Å². The second-order valence-electron chi connectivity index (χ2n) is 7.65. The molecular weight excluding hydrogens is 326 g/mol. The van der Waals surface area contributed by atoms with Crippen LogP contribution in [-0.4, -0.2) is 25.4 Å². The average Bonchev–Trinajstić information content (AvgIpc) is 2.86. The lowest BCUT2D eigenvalue weighted by Crippen LogP contribution is -2.48. The maximum atomic E-state index is 12.6. The molecule has 1 fully saturated rings. The zero-order chi connectivity index (χ0) is 18.2. The lowest BCUT2D eigenvalue weighted by Gasteiger charge is -2.23. The van der Waals surface area contributed by atoms with E-state index >= 15 is 0 Å². The van der Waals surface area contributed by atoms with Crippen molar-refractivity contribution in [2.24, 2.45) is 5.73 Å². The minimum Gasteiger partial charge on any atom is -0.324 e. The molecule has 1 aromatic rings. The number of nitrogens with two attached hydrogens (primary N) is 1. The van der Waals surface area contributed by atoms with Crippen LogP contribution in [0.1, 0.15) is 52.0 Å². The molecule has 24 heavy (non-hydrogen) atoms. The van der Waals surface area contributed by atoms with Gasteiger partial charge in [-0.25, -0.2) is 13.1 Å². The predicted octanol–water partition coefficient (Wildman–Crippen LogP) is 2.28. The number of anilines is 1. The Kier molecular flexibility index (Phi) is 5.09. The molecule has 0 heterocycles. The van der Waals surface area contributed by atoms with Crippen molar-refractivity contribution in [3.63, 3.8) is 0 Å². The lowest BCUT2D eigenvalue weighted by molar-refractivity contribution is -0.121. The van der Waals surface area contributed by atoms with Crippen LogP contribution in [0.2, 0.25) is 0 Å². The molecule has 0 radical (unpaired) electrons. The molecule has 4 N–H and O–H groups in total. The fourth-order valence-corrected chi connectivity index (χ4v) is 4.60. The SMILES string of the molecule is Cc1ccc(NC(=O)C2(N)CCCC2)cc1S(=O)(=O)NC(C)(C)C. The first-order valence-electron chi connectivity index (χ1n) is 8.18. The summed E-state index contributed by atoms with van der Waals surface area (Å²) in [6.45, 7) is 7.07. The summed E-state index contributed by atoms with van der Waals surface area (Å²) in [5.74, 6) is -0.254. The van der Waals surface area contributed by atoms with Crippen molar-refractivity contribution < 1.29 is 13.2 Å². The first-order chi connectivity index (χ1) is 10.9. The molecule has 1 aliphatic carbocycles. The molecular formula is C17H27N3O3S. The molecule has 1 amide bonds. The summed E-state index contributed by atoms with van der Waals surface area (Å²) in [5, 5.41) is 2.77. The highest BCUT2D eigenvalue weighted by Crippen LogP contribution is 2.29. The van der Waals surface area contributed by atoms with Crippen molar-refractivity contribution in [1.82, 2.24) is 4.72 Å². The van der Waals surface area contributed by atoms with E-state index in [0.717, 1.165) is 12.8 Å². The Bertz CT molecular complexity index is 730. The van der Waals surface area contributed by atoms with E-state index < -0.39 is 21.1 Å². The van der Waals surface area contributed by atoms with Crippen LogP contribution in [-0.2, 0) is 14.8 Å². The normalized spacial score (nSPS) is 17.7. The first-order valence-corrected chi connectivity index (χ1v) is 9.66. The molecule has 7 heteroatoms. The molecule has 0 atom stereocenters. The van der Waals surface area contributed by atoms with Crippen molar-refractivity contribution in [3.05, 3.63) is 23.8 Å². The third-order valence-corrected chi connectivity index (χ3v) is 6.02. The number of carbonyl (C=O) groups is 1. The van der Waals surface area contributed by atoms with Crippen LogP contribution in [0.3, 0.4) is 0 Å². The second kappa shape index (κ2) is 6.46. The molecule has 0 bridgehead atoms. The highest BCUT2D eigenvalue weighted by Gasteiger charge is 2.37. The molecule has 0 unspecified atom stereocenters. The Morgan fingerprint density at radius 1 is 1.21 bits per heavy atom. The quantitative estimate of drug-likeness (QED) is 0.773. The monoisotopic (exact) mass is 353 g/mol. The van der Waals surface area contributed by atoms with Gasteiger partial charge in [0.15, 0.2) is 0 Å². The van der Waals surface area contributed by atoms with Gasteiger partial charge in [-0.05, 0) is 58.2 Å². The number of hydrogen-bond donors (Lipinski definition) is 3. The standard InChI is InChI=1S/C17H27N3O3S/c1-12-7-8-13(19-15(21)17(18)9-5-6-10-17)11-14(12)24(22,23)20-16(2,3)4/h7-8,11,20H,5-6,9-10,18H2,1-4H3,(H,19,21). The van der Waals surface area contributed by atoms with Crippen molar-refractivity contribution in [1.29, 1.82) is 0 Å². The van der Waals surface area contributed by atoms with Gasteiger partial charge in [0, 0.05) is 11.2 Å². The van der Waals surface area contributed by atoms with Gasteiger partial charge in [0.05, 0.1) is 10.4 Å². The van der Waals surface area contributed by atoms with E-state index in [2.05, 4.69) is 10.0 Å². The topological polar surface area (TPSA) is 101 Å². The van der Waals surface area contributed by atoms with Crippen LogP contribution >= 0.6 is 0 Å². The second-order valence-corrected chi connectivity index (χ2v) is 9.30. The molecule has 134 valence electrons. The van der Waals surface area contributed by atoms with Gasteiger partial charge in [0.25, 0.3) is 0 Å². The Hall–Kier alpha value is -1.44. The van der Waals surface area contributed by atoms with E-state index in [0.29, 0.717) is 24.1 Å². The fourth-order valence-electron chi connectivity index (χ4n) is 2.91. The minimum absolute atomic E-state index is 0.160. The molecule has 1 saturated carbocycles. The number of benzene rings is 1. The van der Waals surface area contributed by atoms with Gasteiger partial charge in [0.1, 0.15) is 0 Å². The Labute approximate surface area is 144 Å². The van der Waals surface area contributed by atoms with E-state index in [-0.39, 0.29) is 10.8 Å². The zero-order valence-corrected chi connectivity index (χ0v) is 15.6. The molecule has 6 nitrogen and oxygen atoms in total. The van der Waals surface area contributed by atoms with Crippen LogP contribution in [0.25, 0.3) is 0 Å². The van der Waals surface area contributed by atoms with Gasteiger partial charge in [-0.15, -0.1) is 0 Å². The van der Waals surface area contributed by atoms with E-state index in [1.807, 2.05) is 0 Å². The first kappa shape index (κ1) is 18.9. The summed E-state index contributed by atoms with van der Waals surface area (Å²) in [6.07, 6.45) is 3.18. The molecule has 1 aliphatic rings. The lowest BCUT2D eigenvalue weighted by atomic mass is 9.98. The van der Waals surface area contributed by atoms with Crippen LogP contribution in [0.15, 0.2) is 23.1 Å². The third-order valence-electron chi connectivity index (χ3n) is 4.12. The van der Waals surface area contributed by atoms with Gasteiger partial charge in [-0.2, -0.15) is 0 Å². The number of nitrogens with one attached hydrogen (secondary N) is 2. The van der Waals surface area contributed by atoms with Crippen molar-refractivity contribution in [2.45, 2.75) is 69.4 Å². The minimum atomic E-state index is -3.67. The predicted molar refractivity (Wildman–Crippen MR) is 95.3 cm³/mol. The number of hydrogen-bond acceptors (Lipinski definition) is 4. The highest BCUT2D eigenvalue weighted by molar-refractivity contribution is 7.89. The number of aryl methyl sites for hydroxylation is 1.